The number of aldehydes is 1. The van der Waals surface area contributed by atoms with Gasteiger partial charge in [0.1, 0.15) is 6.29 Å². The van der Waals surface area contributed by atoms with Crippen LogP contribution in [0.3, 0.4) is 0 Å². The van der Waals surface area contributed by atoms with Crippen LogP contribution in [0, 0.1) is 17.8 Å². The van der Waals surface area contributed by atoms with Crippen molar-refractivity contribution in [2.75, 3.05) is 11.9 Å². The van der Waals surface area contributed by atoms with Crippen molar-refractivity contribution in [3.05, 3.63) is 65.2 Å². The predicted octanol–water partition coefficient (Wildman–Crippen LogP) is 4.76. The highest BCUT2D eigenvalue weighted by Gasteiger charge is 2.51. The van der Waals surface area contributed by atoms with E-state index in [4.69, 9.17) is 4.74 Å². The number of carbonyl (C=O) groups excluding carboxylic acids is 3. The Balaban J connectivity index is 1.17. The fourth-order valence-corrected chi connectivity index (χ4v) is 6.48. The lowest BCUT2D eigenvalue weighted by molar-refractivity contribution is -0.119. The van der Waals surface area contributed by atoms with Gasteiger partial charge in [-0.05, 0) is 91.5 Å². The van der Waals surface area contributed by atoms with Crippen molar-refractivity contribution >= 4 is 23.9 Å². The number of amides is 1. The van der Waals surface area contributed by atoms with Crippen LogP contribution >= 0.6 is 0 Å². The van der Waals surface area contributed by atoms with Gasteiger partial charge in [0.25, 0.3) is 5.91 Å². The lowest BCUT2D eigenvalue weighted by atomic mass is 9.48. The van der Waals surface area contributed by atoms with E-state index in [0.717, 1.165) is 17.8 Å². The van der Waals surface area contributed by atoms with Crippen molar-refractivity contribution in [3.8, 4) is 0 Å². The molecule has 31 heavy (non-hydrogen) atoms. The largest absolute Gasteiger partial charge is 0.452 e. The van der Waals surface area contributed by atoms with Gasteiger partial charge in [-0.15, -0.1) is 0 Å². The number of hydrogen-bond acceptors (Lipinski definition) is 4. The van der Waals surface area contributed by atoms with Crippen LogP contribution in [-0.4, -0.2) is 24.8 Å². The van der Waals surface area contributed by atoms with E-state index < -0.39 is 5.97 Å². The normalized spacial score (nSPS) is 28.2. The molecule has 0 saturated heterocycles. The Bertz CT molecular complexity index is 958. The minimum atomic E-state index is -0.593. The van der Waals surface area contributed by atoms with E-state index in [-0.39, 0.29) is 12.5 Å². The number of anilines is 1. The second-order valence-electron chi connectivity index (χ2n) is 9.64. The minimum absolute atomic E-state index is 0.304. The average Bonchev–Trinajstić information content (AvgIpc) is 2.77. The van der Waals surface area contributed by atoms with Crippen LogP contribution in [-0.2, 0) is 14.9 Å². The average molecular weight is 418 g/mol. The van der Waals surface area contributed by atoms with Crippen molar-refractivity contribution in [3.63, 3.8) is 0 Å². The summed E-state index contributed by atoms with van der Waals surface area (Å²) in [5, 5.41) is 2.81. The number of hydrogen-bond donors (Lipinski definition) is 1. The van der Waals surface area contributed by atoms with Crippen molar-refractivity contribution < 1.29 is 19.1 Å². The third-order valence-corrected chi connectivity index (χ3v) is 7.44. The first-order chi connectivity index (χ1) is 15.0. The van der Waals surface area contributed by atoms with Gasteiger partial charge in [0.05, 0.1) is 5.56 Å². The van der Waals surface area contributed by atoms with Gasteiger partial charge < -0.3 is 10.1 Å². The highest BCUT2D eigenvalue weighted by atomic mass is 16.5. The van der Waals surface area contributed by atoms with Crippen molar-refractivity contribution in [1.29, 1.82) is 0 Å². The molecule has 4 saturated carbocycles. The summed E-state index contributed by atoms with van der Waals surface area (Å²) < 4.78 is 5.08. The molecule has 4 aliphatic carbocycles. The van der Waals surface area contributed by atoms with E-state index in [9.17, 15) is 14.4 Å². The van der Waals surface area contributed by atoms with Crippen molar-refractivity contribution in [2.45, 2.75) is 43.9 Å². The van der Waals surface area contributed by atoms with E-state index >= 15 is 0 Å². The first-order valence-electron chi connectivity index (χ1n) is 11.2. The SMILES string of the molecule is O=Cc1ccc(C(=O)OCC(=O)Nc2ccc(C34CC5CC(CC(C5)C3)C4)cc2)cc1. The molecule has 0 aromatic heterocycles. The summed E-state index contributed by atoms with van der Waals surface area (Å²) in [5.41, 5.74) is 3.25. The van der Waals surface area contributed by atoms with Gasteiger partial charge in [0.15, 0.2) is 6.61 Å². The van der Waals surface area contributed by atoms with Crippen molar-refractivity contribution in [1.82, 2.24) is 0 Å². The Morgan fingerprint density at radius 1 is 0.903 bits per heavy atom. The summed E-state index contributed by atoms with van der Waals surface area (Å²) in [6, 6.07) is 14.4. The van der Waals surface area contributed by atoms with Gasteiger partial charge in [-0.3, -0.25) is 9.59 Å². The summed E-state index contributed by atoms with van der Waals surface area (Å²) >= 11 is 0. The fourth-order valence-electron chi connectivity index (χ4n) is 6.48. The first-order valence-corrected chi connectivity index (χ1v) is 11.2. The summed E-state index contributed by atoms with van der Waals surface area (Å²) in [4.78, 5) is 35.0. The van der Waals surface area contributed by atoms with Gasteiger partial charge >= 0.3 is 5.97 Å². The van der Waals surface area contributed by atoms with E-state index in [2.05, 4.69) is 17.4 Å². The molecule has 4 bridgehead atoms. The monoisotopic (exact) mass is 417 g/mol. The predicted molar refractivity (Wildman–Crippen MR) is 117 cm³/mol. The van der Waals surface area contributed by atoms with Gasteiger partial charge in [-0.2, -0.15) is 0 Å². The molecule has 1 N–H and O–H groups in total. The molecule has 5 heteroatoms. The molecular formula is C26H27NO4. The maximum Gasteiger partial charge on any atom is 0.338 e. The molecule has 0 heterocycles. The van der Waals surface area contributed by atoms with E-state index in [1.54, 1.807) is 0 Å². The molecule has 6 rings (SSSR count). The summed E-state index contributed by atoms with van der Waals surface area (Å²) in [5.74, 6) is 1.73. The second kappa shape index (κ2) is 7.95. The molecule has 0 aliphatic heterocycles. The van der Waals surface area contributed by atoms with E-state index in [0.29, 0.717) is 28.5 Å². The fraction of sp³-hybridized carbons (Fsp3) is 0.423. The van der Waals surface area contributed by atoms with Crippen LogP contribution in [0.25, 0.3) is 0 Å². The van der Waals surface area contributed by atoms with Gasteiger partial charge in [0.2, 0.25) is 0 Å². The highest BCUT2D eigenvalue weighted by molar-refractivity contribution is 5.95. The van der Waals surface area contributed by atoms with Crippen LogP contribution in [0.15, 0.2) is 48.5 Å². The number of ether oxygens (including phenoxy) is 1. The van der Waals surface area contributed by atoms with Gasteiger partial charge in [-0.25, -0.2) is 4.79 Å². The summed E-state index contributed by atoms with van der Waals surface area (Å²) in [6.07, 6.45) is 8.92. The molecule has 0 radical (unpaired) electrons. The maximum atomic E-state index is 12.2. The Labute approximate surface area is 182 Å². The summed E-state index contributed by atoms with van der Waals surface area (Å²) in [7, 11) is 0. The summed E-state index contributed by atoms with van der Waals surface area (Å²) in [6.45, 7) is -0.356. The molecule has 5 nitrogen and oxygen atoms in total. The molecule has 0 spiro atoms. The molecule has 0 atom stereocenters. The molecule has 2 aromatic rings. The van der Waals surface area contributed by atoms with Crippen LogP contribution in [0.5, 0.6) is 0 Å². The Kier molecular flexibility index (Phi) is 5.12. The first kappa shape index (κ1) is 20.0. The quantitative estimate of drug-likeness (QED) is 0.543. The number of esters is 1. The number of rotatable bonds is 6. The highest BCUT2D eigenvalue weighted by Crippen LogP contribution is 2.60. The van der Waals surface area contributed by atoms with Crippen molar-refractivity contribution in [2.24, 2.45) is 17.8 Å². The number of benzene rings is 2. The van der Waals surface area contributed by atoms with E-state index in [1.807, 2.05) is 12.1 Å². The molecule has 4 fully saturated rings. The smallest absolute Gasteiger partial charge is 0.338 e. The number of nitrogens with one attached hydrogen (secondary N) is 1. The third-order valence-electron chi connectivity index (χ3n) is 7.44. The zero-order valence-corrected chi connectivity index (χ0v) is 17.5. The lowest BCUT2D eigenvalue weighted by Crippen LogP contribution is -2.48. The standard InChI is InChI=1S/C26H27NO4/c28-15-17-1-3-21(4-2-17)25(30)31-16-24(29)27-23-7-5-22(6-8-23)26-12-18-9-19(13-26)11-20(10-18)14-26/h1-8,15,18-20H,9-14,16H2,(H,27,29). The number of carbonyl (C=O) groups is 3. The zero-order valence-electron chi connectivity index (χ0n) is 17.5. The molecule has 0 unspecified atom stereocenters. The Hall–Kier alpha value is -2.95. The Morgan fingerprint density at radius 3 is 2.03 bits per heavy atom. The third kappa shape index (κ3) is 4.01. The second-order valence-corrected chi connectivity index (χ2v) is 9.64. The molecular weight excluding hydrogens is 390 g/mol. The Morgan fingerprint density at radius 2 is 1.48 bits per heavy atom. The van der Waals surface area contributed by atoms with Crippen LogP contribution in [0.2, 0.25) is 0 Å². The molecule has 2 aromatic carbocycles. The minimum Gasteiger partial charge on any atom is -0.452 e. The van der Waals surface area contributed by atoms with Crippen LogP contribution in [0.4, 0.5) is 5.69 Å². The zero-order chi connectivity index (χ0) is 21.4. The lowest BCUT2D eigenvalue weighted by Gasteiger charge is -2.57. The van der Waals surface area contributed by atoms with Gasteiger partial charge in [0, 0.05) is 11.3 Å². The molecule has 160 valence electrons. The van der Waals surface area contributed by atoms with E-state index in [1.165, 1.54) is 68.4 Å². The van der Waals surface area contributed by atoms with Gasteiger partial charge in [-0.1, -0.05) is 24.3 Å². The topological polar surface area (TPSA) is 72.5 Å². The van der Waals surface area contributed by atoms with Crippen LogP contribution in [0.1, 0.15) is 64.8 Å². The molecule has 1 amide bonds. The maximum absolute atomic E-state index is 12.2. The van der Waals surface area contributed by atoms with Crippen LogP contribution < -0.4 is 5.32 Å². The molecule has 4 aliphatic rings.